The molecule has 0 saturated heterocycles. The first-order valence-electron chi connectivity index (χ1n) is 4.60. The van der Waals surface area contributed by atoms with E-state index in [4.69, 9.17) is 11.6 Å². The molecule has 0 aliphatic heterocycles. The zero-order valence-corrected chi connectivity index (χ0v) is 10.2. The van der Waals surface area contributed by atoms with Crippen LogP contribution in [0.25, 0.3) is 0 Å². The van der Waals surface area contributed by atoms with Crippen molar-refractivity contribution in [1.29, 1.82) is 0 Å². The highest BCUT2D eigenvalue weighted by atomic mass is 35.5. The summed E-state index contributed by atoms with van der Waals surface area (Å²) in [6, 6.07) is 1.15. The van der Waals surface area contributed by atoms with Gasteiger partial charge in [-0.05, 0) is 12.7 Å². The van der Waals surface area contributed by atoms with Crippen LogP contribution in [0, 0.1) is 0 Å². The van der Waals surface area contributed by atoms with E-state index in [1.165, 1.54) is 10.6 Å². The molecule has 1 unspecified atom stereocenters. The Morgan fingerprint density at radius 3 is 2.73 bits per heavy atom. The van der Waals surface area contributed by atoms with Gasteiger partial charge in [0.05, 0.1) is 6.04 Å². The second-order valence-electron chi connectivity index (χ2n) is 3.15. The molecule has 6 heteroatoms. The van der Waals surface area contributed by atoms with E-state index in [9.17, 15) is 9.59 Å². The summed E-state index contributed by atoms with van der Waals surface area (Å²) in [6.45, 7) is 1.95. The third-order valence-electron chi connectivity index (χ3n) is 2.13. The lowest BCUT2D eigenvalue weighted by Gasteiger charge is -2.15. The number of H-pyrrole nitrogens is 1. The number of aromatic nitrogens is 2. The van der Waals surface area contributed by atoms with Crippen molar-refractivity contribution in [3.8, 4) is 0 Å². The topological polar surface area (TPSA) is 54.9 Å². The largest absolute Gasteiger partial charge is 0.329 e. The predicted octanol–water partition coefficient (Wildman–Crippen LogP) is 1.50. The molecule has 1 rings (SSSR count). The summed E-state index contributed by atoms with van der Waals surface area (Å²) in [4.78, 5) is 25.6. The fourth-order valence-electron chi connectivity index (χ4n) is 1.39. The van der Waals surface area contributed by atoms with E-state index < -0.39 is 5.69 Å². The second kappa shape index (κ2) is 5.42. The van der Waals surface area contributed by atoms with Crippen molar-refractivity contribution in [2.24, 2.45) is 0 Å². The smallest absolute Gasteiger partial charge is 0.298 e. The Hall–Kier alpha value is -0.680. The average Bonchev–Trinajstić information content (AvgIpc) is 2.14. The van der Waals surface area contributed by atoms with Crippen molar-refractivity contribution in [1.82, 2.24) is 9.55 Å². The van der Waals surface area contributed by atoms with Crippen LogP contribution in [0.3, 0.4) is 0 Å². The average molecular weight is 249 g/mol. The molecule has 0 spiro atoms. The van der Waals surface area contributed by atoms with Gasteiger partial charge in [0.25, 0.3) is 5.56 Å². The Labute approximate surface area is 96.7 Å². The van der Waals surface area contributed by atoms with Gasteiger partial charge in [-0.15, -0.1) is 0 Å². The van der Waals surface area contributed by atoms with E-state index in [-0.39, 0.29) is 16.8 Å². The van der Waals surface area contributed by atoms with Gasteiger partial charge in [-0.1, -0.05) is 18.5 Å². The number of rotatable bonds is 4. The van der Waals surface area contributed by atoms with Crippen LogP contribution in [-0.2, 0) is 0 Å². The molecule has 0 aliphatic carbocycles. The summed E-state index contributed by atoms with van der Waals surface area (Å²) in [7, 11) is 0. The van der Waals surface area contributed by atoms with Crippen molar-refractivity contribution in [2.45, 2.75) is 19.4 Å². The van der Waals surface area contributed by atoms with Gasteiger partial charge in [0.15, 0.2) is 0 Å². The molecule has 0 aliphatic rings. The Morgan fingerprint density at radius 1 is 1.60 bits per heavy atom. The minimum atomic E-state index is -0.437. The molecule has 4 nitrogen and oxygen atoms in total. The first kappa shape index (κ1) is 12.4. The van der Waals surface area contributed by atoms with Crippen LogP contribution in [-0.4, -0.2) is 21.6 Å². The van der Waals surface area contributed by atoms with Crippen molar-refractivity contribution in [3.05, 3.63) is 32.1 Å². The van der Waals surface area contributed by atoms with Gasteiger partial charge >= 0.3 is 5.69 Å². The van der Waals surface area contributed by atoms with E-state index in [0.717, 1.165) is 12.2 Å². The maximum atomic E-state index is 11.6. The predicted molar refractivity (Wildman–Crippen MR) is 64.0 cm³/mol. The third-order valence-corrected chi connectivity index (χ3v) is 3.05. The molecule has 0 fully saturated rings. The minimum Gasteiger partial charge on any atom is -0.298 e. The van der Waals surface area contributed by atoms with E-state index >= 15 is 0 Å². The van der Waals surface area contributed by atoms with E-state index in [1.807, 2.05) is 13.2 Å². The molecule has 0 saturated carbocycles. The molecular formula is C9H13ClN2O2S. The number of hydrogen-bond donors (Lipinski definition) is 1. The molecule has 0 radical (unpaired) electrons. The number of thioether (sulfide) groups is 1. The molecule has 15 heavy (non-hydrogen) atoms. The Bertz CT molecular complexity index is 409. The van der Waals surface area contributed by atoms with E-state index in [2.05, 4.69) is 4.98 Å². The Kier molecular flexibility index (Phi) is 4.47. The quantitative estimate of drug-likeness (QED) is 0.822. The molecule has 1 heterocycles. The molecule has 1 N–H and O–H groups in total. The van der Waals surface area contributed by atoms with Crippen molar-refractivity contribution < 1.29 is 0 Å². The van der Waals surface area contributed by atoms with Gasteiger partial charge in [0.2, 0.25) is 0 Å². The standard InChI is InChI=1S/C9H13ClN2O2S/c1-3-6(5-15-2)12-8(13)4-7(10)11-9(12)14/h4,6H,3,5H2,1-2H3,(H,11,14). The molecular weight excluding hydrogens is 236 g/mol. The fourth-order valence-corrected chi connectivity index (χ4v) is 2.33. The normalized spacial score (nSPS) is 12.7. The molecule has 1 atom stereocenters. The summed E-state index contributed by atoms with van der Waals surface area (Å²) < 4.78 is 1.22. The molecule has 0 aromatic carbocycles. The van der Waals surface area contributed by atoms with Crippen LogP contribution in [0.1, 0.15) is 19.4 Å². The highest BCUT2D eigenvalue weighted by Crippen LogP contribution is 2.12. The van der Waals surface area contributed by atoms with Crippen molar-refractivity contribution in [2.75, 3.05) is 12.0 Å². The number of nitrogens with zero attached hydrogens (tertiary/aromatic N) is 1. The molecule has 1 aromatic rings. The lowest BCUT2D eigenvalue weighted by atomic mass is 10.2. The summed E-state index contributed by atoms with van der Waals surface area (Å²) in [5, 5.41) is 0.0836. The van der Waals surface area contributed by atoms with Crippen LogP contribution in [0.15, 0.2) is 15.7 Å². The van der Waals surface area contributed by atoms with Crippen LogP contribution in [0.5, 0.6) is 0 Å². The fraction of sp³-hybridized carbons (Fsp3) is 0.556. The minimum absolute atomic E-state index is 0.0754. The maximum absolute atomic E-state index is 11.6. The van der Waals surface area contributed by atoms with E-state index in [1.54, 1.807) is 11.8 Å². The summed E-state index contributed by atoms with van der Waals surface area (Å²) in [6.07, 6.45) is 2.68. The monoisotopic (exact) mass is 248 g/mol. The van der Waals surface area contributed by atoms with Crippen LogP contribution in [0.2, 0.25) is 5.15 Å². The first-order valence-corrected chi connectivity index (χ1v) is 6.37. The summed E-state index contributed by atoms with van der Waals surface area (Å²) >= 11 is 7.18. The zero-order chi connectivity index (χ0) is 11.4. The number of aromatic amines is 1. The number of hydrogen-bond acceptors (Lipinski definition) is 3. The first-order chi connectivity index (χ1) is 7.10. The highest BCUT2D eigenvalue weighted by molar-refractivity contribution is 7.98. The Morgan fingerprint density at radius 2 is 2.27 bits per heavy atom. The SMILES string of the molecule is CCC(CSC)n1c(=O)cc(Cl)[nH]c1=O. The molecule has 84 valence electrons. The third kappa shape index (κ3) is 2.89. The second-order valence-corrected chi connectivity index (χ2v) is 4.47. The van der Waals surface area contributed by atoms with Gasteiger partial charge < -0.3 is 0 Å². The summed E-state index contributed by atoms with van der Waals surface area (Å²) in [5.74, 6) is 0.737. The molecule has 0 bridgehead atoms. The number of halogens is 1. The van der Waals surface area contributed by atoms with Gasteiger partial charge in [-0.2, -0.15) is 11.8 Å². The summed E-state index contributed by atoms with van der Waals surface area (Å²) in [5.41, 5.74) is -0.780. The van der Waals surface area contributed by atoms with Gasteiger partial charge in [0, 0.05) is 11.8 Å². The number of nitrogens with one attached hydrogen (secondary N) is 1. The van der Waals surface area contributed by atoms with Crippen molar-refractivity contribution >= 4 is 23.4 Å². The Balaban J connectivity index is 3.23. The van der Waals surface area contributed by atoms with Gasteiger partial charge in [-0.25, -0.2) is 4.79 Å². The van der Waals surface area contributed by atoms with Crippen molar-refractivity contribution in [3.63, 3.8) is 0 Å². The van der Waals surface area contributed by atoms with Gasteiger partial charge in [0.1, 0.15) is 5.15 Å². The van der Waals surface area contributed by atoms with Crippen LogP contribution in [0.4, 0.5) is 0 Å². The van der Waals surface area contributed by atoms with Crippen LogP contribution < -0.4 is 11.2 Å². The lowest BCUT2D eigenvalue weighted by molar-refractivity contribution is 0.497. The highest BCUT2D eigenvalue weighted by Gasteiger charge is 2.13. The maximum Gasteiger partial charge on any atom is 0.329 e. The molecule has 1 aromatic heterocycles. The van der Waals surface area contributed by atoms with E-state index in [0.29, 0.717) is 0 Å². The zero-order valence-electron chi connectivity index (χ0n) is 8.62. The van der Waals surface area contributed by atoms with Gasteiger partial charge in [-0.3, -0.25) is 14.3 Å². The van der Waals surface area contributed by atoms with Crippen LogP contribution >= 0.6 is 23.4 Å². The molecule has 0 amide bonds. The lowest BCUT2D eigenvalue weighted by Crippen LogP contribution is -2.38.